The first-order valence-corrected chi connectivity index (χ1v) is 7.45. The van der Waals surface area contributed by atoms with Crippen LogP contribution in [-0.2, 0) is 13.0 Å². The number of ether oxygens (including phenoxy) is 1. The van der Waals surface area contributed by atoms with Gasteiger partial charge in [0.25, 0.3) is 0 Å². The van der Waals surface area contributed by atoms with E-state index in [-0.39, 0.29) is 0 Å². The Hall–Kier alpha value is -2.17. The van der Waals surface area contributed by atoms with Crippen LogP contribution in [0.15, 0.2) is 30.6 Å². The Bertz CT molecular complexity index is 545. The number of pyridine rings is 1. The molecule has 0 atom stereocenters. The van der Waals surface area contributed by atoms with Crippen LogP contribution in [0.3, 0.4) is 0 Å². The fraction of sp³-hybridized carbons (Fsp3) is 0.438. The minimum absolute atomic E-state index is 0.646. The minimum atomic E-state index is 0.646. The first-order valence-electron chi connectivity index (χ1n) is 7.45. The molecule has 5 nitrogen and oxygen atoms in total. The summed E-state index contributed by atoms with van der Waals surface area (Å²) in [6, 6.07) is 5.82. The van der Waals surface area contributed by atoms with Crippen molar-refractivity contribution in [3.63, 3.8) is 0 Å². The molecule has 0 aliphatic carbocycles. The van der Waals surface area contributed by atoms with Crippen molar-refractivity contribution in [2.75, 3.05) is 11.9 Å². The molecule has 0 bridgehead atoms. The molecule has 21 heavy (non-hydrogen) atoms. The molecule has 112 valence electrons. The van der Waals surface area contributed by atoms with Gasteiger partial charge in [-0.1, -0.05) is 20.3 Å². The van der Waals surface area contributed by atoms with Crippen LogP contribution in [0.2, 0.25) is 0 Å². The van der Waals surface area contributed by atoms with Crippen LogP contribution in [0.25, 0.3) is 0 Å². The lowest BCUT2D eigenvalue weighted by Gasteiger charge is -2.10. The van der Waals surface area contributed by atoms with Crippen molar-refractivity contribution in [1.82, 2.24) is 15.0 Å². The normalized spacial score (nSPS) is 10.4. The second-order valence-electron chi connectivity index (χ2n) is 4.77. The number of nitrogens with one attached hydrogen (secondary N) is 1. The molecule has 0 unspecified atom stereocenters. The van der Waals surface area contributed by atoms with Gasteiger partial charge in [-0.15, -0.1) is 0 Å². The Balaban J connectivity index is 2.02. The third-order valence-corrected chi connectivity index (χ3v) is 3.04. The molecule has 2 rings (SSSR count). The zero-order chi connectivity index (χ0) is 14.9. The highest BCUT2D eigenvalue weighted by molar-refractivity contribution is 5.39. The fourth-order valence-electron chi connectivity index (χ4n) is 1.81. The molecule has 1 N–H and O–H groups in total. The summed E-state index contributed by atoms with van der Waals surface area (Å²) in [5.41, 5.74) is 1.16. The molecule has 0 radical (unpaired) electrons. The van der Waals surface area contributed by atoms with Gasteiger partial charge < -0.3 is 10.1 Å². The van der Waals surface area contributed by atoms with Crippen molar-refractivity contribution in [1.29, 1.82) is 0 Å². The van der Waals surface area contributed by atoms with E-state index >= 15 is 0 Å². The first-order chi connectivity index (χ1) is 10.3. The summed E-state index contributed by atoms with van der Waals surface area (Å²) in [5.74, 6) is 2.24. The van der Waals surface area contributed by atoms with Gasteiger partial charge in [0.1, 0.15) is 11.6 Å². The average Bonchev–Trinajstić information content (AvgIpc) is 2.54. The zero-order valence-electron chi connectivity index (χ0n) is 12.7. The van der Waals surface area contributed by atoms with Gasteiger partial charge in [-0.3, -0.25) is 4.98 Å². The maximum Gasteiger partial charge on any atom is 0.218 e. The van der Waals surface area contributed by atoms with Gasteiger partial charge in [-0.25, -0.2) is 4.98 Å². The Morgan fingerprint density at radius 3 is 2.67 bits per heavy atom. The average molecular weight is 286 g/mol. The Kier molecular flexibility index (Phi) is 5.94. The summed E-state index contributed by atoms with van der Waals surface area (Å²) >= 11 is 0. The molecule has 0 spiro atoms. The lowest BCUT2D eigenvalue weighted by molar-refractivity contribution is 0.296. The predicted molar refractivity (Wildman–Crippen MR) is 83.4 cm³/mol. The standard InChI is InChI=1S/C16H22N4O/c1-3-5-10-21-16-11-15(19-14(4-2)20-16)18-12-13-6-8-17-9-7-13/h6-9,11H,3-5,10,12H2,1-2H3,(H,18,19,20). The van der Waals surface area contributed by atoms with Gasteiger partial charge in [0.2, 0.25) is 5.88 Å². The number of unbranched alkanes of at least 4 members (excludes halogenated alkanes) is 1. The number of aryl methyl sites for hydroxylation is 1. The van der Waals surface area contributed by atoms with Gasteiger partial charge in [-0.05, 0) is 24.1 Å². The largest absolute Gasteiger partial charge is 0.478 e. The van der Waals surface area contributed by atoms with Crippen molar-refractivity contribution in [2.45, 2.75) is 39.7 Å². The van der Waals surface area contributed by atoms with Gasteiger partial charge in [0, 0.05) is 31.4 Å². The topological polar surface area (TPSA) is 59.9 Å². The maximum absolute atomic E-state index is 5.68. The van der Waals surface area contributed by atoms with Crippen LogP contribution >= 0.6 is 0 Å². The van der Waals surface area contributed by atoms with Crippen LogP contribution in [0.1, 0.15) is 38.1 Å². The van der Waals surface area contributed by atoms with Crippen LogP contribution in [0.4, 0.5) is 5.82 Å². The molecule has 0 fully saturated rings. The SMILES string of the molecule is CCCCOc1cc(NCc2ccncc2)nc(CC)n1. The quantitative estimate of drug-likeness (QED) is 0.755. The van der Waals surface area contributed by atoms with E-state index in [4.69, 9.17) is 4.74 Å². The Morgan fingerprint density at radius 1 is 1.14 bits per heavy atom. The molecule has 0 aliphatic rings. The van der Waals surface area contributed by atoms with E-state index < -0.39 is 0 Å². The minimum Gasteiger partial charge on any atom is -0.478 e. The van der Waals surface area contributed by atoms with Gasteiger partial charge in [0.05, 0.1) is 6.61 Å². The fourth-order valence-corrected chi connectivity index (χ4v) is 1.81. The summed E-state index contributed by atoms with van der Waals surface area (Å²) in [7, 11) is 0. The summed E-state index contributed by atoms with van der Waals surface area (Å²) in [5, 5.41) is 3.31. The van der Waals surface area contributed by atoms with Crippen LogP contribution in [0, 0.1) is 0 Å². The second kappa shape index (κ2) is 8.19. The van der Waals surface area contributed by atoms with Crippen LogP contribution in [-0.4, -0.2) is 21.6 Å². The number of hydrogen-bond donors (Lipinski definition) is 1. The zero-order valence-corrected chi connectivity index (χ0v) is 12.7. The highest BCUT2D eigenvalue weighted by Crippen LogP contribution is 2.15. The van der Waals surface area contributed by atoms with Crippen molar-refractivity contribution in [2.24, 2.45) is 0 Å². The molecule has 2 aromatic heterocycles. The number of aromatic nitrogens is 3. The van der Waals surface area contributed by atoms with Crippen LogP contribution < -0.4 is 10.1 Å². The summed E-state index contributed by atoms with van der Waals surface area (Å²) in [6.07, 6.45) is 6.50. The van der Waals surface area contributed by atoms with Crippen LogP contribution in [0.5, 0.6) is 5.88 Å². The van der Waals surface area contributed by atoms with E-state index in [2.05, 4.69) is 27.2 Å². The summed E-state index contributed by atoms with van der Waals surface area (Å²) < 4.78 is 5.68. The molecule has 0 saturated heterocycles. The van der Waals surface area contributed by atoms with Gasteiger partial charge >= 0.3 is 0 Å². The molecule has 2 heterocycles. The number of anilines is 1. The van der Waals surface area contributed by atoms with E-state index in [1.807, 2.05) is 25.1 Å². The second-order valence-corrected chi connectivity index (χ2v) is 4.77. The van der Waals surface area contributed by atoms with Gasteiger partial charge in [0.15, 0.2) is 0 Å². The van der Waals surface area contributed by atoms with Crippen molar-refractivity contribution in [3.05, 3.63) is 42.0 Å². The molecule has 2 aromatic rings. The third kappa shape index (κ3) is 5.02. The number of hydrogen-bond acceptors (Lipinski definition) is 5. The predicted octanol–water partition coefficient (Wildman–Crippen LogP) is 3.23. The van der Waals surface area contributed by atoms with E-state index in [1.54, 1.807) is 12.4 Å². The molecule has 0 saturated carbocycles. The van der Waals surface area contributed by atoms with E-state index in [9.17, 15) is 0 Å². The monoisotopic (exact) mass is 286 g/mol. The van der Waals surface area contributed by atoms with Crippen molar-refractivity contribution < 1.29 is 4.74 Å². The molecular formula is C16H22N4O. The van der Waals surface area contributed by atoms with Gasteiger partial charge in [-0.2, -0.15) is 4.98 Å². The molecule has 0 aliphatic heterocycles. The summed E-state index contributed by atoms with van der Waals surface area (Å²) in [4.78, 5) is 12.9. The molecule has 0 aromatic carbocycles. The number of nitrogens with zero attached hydrogens (tertiary/aromatic N) is 3. The lowest BCUT2D eigenvalue weighted by atomic mass is 10.3. The highest BCUT2D eigenvalue weighted by atomic mass is 16.5. The summed E-state index contributed by atoms with van der Waals surface area (Å²) in [6.45, 7) is 5.58. The number of rotatable bonds is 8. The first kappa shape index (κ1) is 15.2. The maximum atomic E-state index is 5.68. The Morgan fingerprint density at radius 2 is 1.95 bits per heavy atom. The van der Waals surface area contributed by atoms with Crippen molar-refractivity contribution >= 4 is 5.82 Å². The third-order valence-electron chi connectivity index (χ3n) is 3.04. The molecule has 5 heteroatoms. The van der Waals surface area contributed by atoms with E-state index in [0.29, 0.717) is 19.0 Å². The smallest absolute Gasteiger partial charge is 0.218 e. The molecular weight excluding hydrogens is 264 g/mol. The molecule has 0 amide bonds. The highest BCUT2D eigenvalue weighted by Gasteiger charge is 2.04. The van der Waals surface area contributed by atoms with E-state index in [1.165, 1.54) is 0 Å². The Labute approximate surface area is 125 Å². The van der Waals surface area contributed by atoms with E-state index in [0.717, 1.165) is 36.5 Å². The lowest BCUT2D eigenvalue weighted by Crippen LogP contribution is -2.07. The van der Waals surface area contributed by atoms with Crippen molar-refractivity contribution in [3.8, 4) is 5.88 Å².